The van der Waals surface area contributed by atoms with Gasteiger partial charge in [-0.15, -0.1) is 0 Å². The second-order valence-corrected chi connectivity index (χ2v) is 6.27. The van der Waals surface area contributed by atoms with Crippen LogP contribution in [0.15, 0.2) is 54.1 Å². The van der Waals surface area contributed by atoms with Crippen molar-refractivity contribution in [3.63, 3.8) is 0 Å². The molecule has 4 heteroatoms. The summed E-state index contributed by atoms with van der Waals surface area (Å²) in [5, 5.41) is 3.55. The van der Waals surface area contributed by atoms with E-state index in [2.05, 4.69) is 5.32 Å². The molecule has 122 valence electrons. The molecule has 24 heavy (non-hydrogen) atoms. The van der Waals surface area contributed by atoms with E-state index in [9.17, 15) is 4.79 Å². The lowest BCUT2D eigenvalue weighted by molar-refractivity contribution is -0.111. The topological polar surface area (TPSA) is 38.3 Å². The molecule has 0 unspecified atom stereocenters. The summed E-state index contributed by atoms with van der Waals surface area (Å²) < 4.78 is 5.66. The molecule has 0 spiro atoms. The van der Waals surface area contributed by atoms with Crippen molar-refractivity contribution in [1.29, 1.82) is 0 Å². The Morgan fingerprint density at radius 1 is 1.21 bits per heavy atom. The van der Waals surface area contributed by atoms with Crippen molar-refractivity contribution in [2.45, 2.75) is 13.8 Å². The minimum absolute atomic E-state index is 0.167. The molecule has 0 atom stereocenters. The molecule has 1 aliphatic rings. The van der Waals surface area contributed by atoms with Crippen LogP contribution in [0.2, 0.25) is 5.02 Å². The number of rotatable bonds is 3. The number of ether oxygens (including phenoxy) is 1. The molecule has 0 fully saturated rings. The molecule has 0 saturated carbocycles. The van der Waals surface area contributed by atoms with Crippen LogP contribution in [0.1, 0.15) is 16.7 Å². The number of aryl methyl sites for hydroxylation is 2. The van der Waals surface area contributed by atoms with Crippen LogP contribution in [0.4, 0.5) is 5.69 Å². The maximum atomic E-state index is 12.1. The third-order valence-corrected chi connectivity index (χ3v) is 4.03. The van der Waals surface area contributed by atoms with Crippen LogP contribution in [0, 0.1) is 13.8 Å². The van der Waals surface area contributed by atoms with Gasteiger partial charge in [-0.05, 0) is 55.3 Å². The number of anilines is 1. The predicted molar refractivity (Wildman–Crippen MR) is 98.6 cm³/mol. The quantitative estimate of drug-likeness (QED) is 0.805. The van der Waals surface area contributed by atoms with Crippen molar-refractivity contribution in [3.05, 3.63) is 75.8 Å². The number of carbonyl (C=O) groups excluding carboxylic acids is 1. The van der Waals surface area contributed by atoms with Crippen molar-refractivity contribution < 1.29 is 9.53 Å². The second kappa shape index (κ2) is 6.93. The van der Waals surface area contributed by atoms with Gasteiger partial charge in [0.25, 0.3) is 0 Å². The summed E-state index contributed by atoms with van der Waals surface area (Å²) in [7, 11) is 0. The van der Waals surface area contributed by atoms with E-state index in [0.717, 1.165) is 28.1 Å². The summed E-state index contributed by atoms with van der Waals surface area (Å²) in [6.07, 6.45) is 5.26. The molecular formula is C20H18ClNO2. The number of amides is 1. The van der Waals surface area contributed by atoms with Gasteiger partial charge in [0, 0.05) is 22.3 Å². The van der Waals surface area contributed by atoms with Gasteiger partial charge in [0.05, 0.1) is 0 Å². The first-order chi connectivity index (χ1) is 11.5. The van der Waals surface area contributed by atoms with E-state index in [0.29, 0.717) is 11.6 Å². The Morgan fingerprint density at radius 3 is 2.83 bits per heavy atom. The smallest absolute Gasteiger partial charge is 0.248 e. The zero-order chi connectivity index (χ0) is 17.1. The van der Waals surface area contributed by atoms with E-state index in [1.807, 2.05) is 50.3 Å². The highest BCUT2D eigenvalue weighted by Gasteiger charge is 2.10. The van der Waals surface area contributed by atoms with Crippen LogP contribution in [0.5, 0.6) is 5.75 Å². The monoisotopic (exact) mass is 339 g/mol. The summed E-state index contributed by atoms with van der Waals surface area (Å²) in [4.78, 5) is 12.1. The molecule has 0 aliphatic carbocycles. The number of halogens is 1. The van der Waals surface area contributed by atoms with Crippen molar-refractivity contribution in [3.8, 4) is 5.75 Å². The predicted octanol–water partition coefficient (Wildman–Crippen LogP) is 4.93. The Kier molecular flexibility index (Phi) is 4.72. The number of hydrogen-bond donors (Lipinski definition) is 1. The molecule has 0 bridgehead atoms. The van der Waals surface area contributed by atoms with Gasteiger partial charge in [-0.2, -0.15) is 0 Å². The van der Waals surface area contributed by atoms with Gasteiger partial charge in [0.2, 0.25) is 5.91 Å². The zero-order valence-electron chi connectivity index (χ0n) is 13.6. The Hall–Kier alpha value is -2.52. The zero-order valence-corrected chi connectivity index (χ0v) is 14.4. The second-order valence-electron chi connectivity index (χ2n) is 5.83. The maximum absolute atomic E-state index is 12.1. The molecule has 2 aromatic carbocycles. The first-order valence-corrected chi connectivity index (χ1v) is 8.08. The Labute approximate surface area is 146 Å². The molecule has 0 saturated heterocycles. The van der Waals surface area contributed by atoms with Crippen LogP contribution in [-0.4, -0.2) is 12.5 Å². The number of hydrogen-bond acceptors (Lipinski definition) is 2. The first kappa shape index (κ1) is 16.3. The number of benzene rings is 2. The normalized spacial score (nSPS) is 13.2. The van der Waals surface area contributed by atoms with E-state index in [-0.39, 0.29) is 5.91 Å². The van der Waals surface area contributed by atoms with Gasteiger partial charge in [0.1, 0.15) is 12.4 Å². The van der Waals surface area contributed by atoms with Gasteiger partial charge in [0.15, 0.2) is 0 Å². The van der Waals surface area contributed by atoms with Crippen LogP contribution < -0.4 is 10.1 Å². The van der Waals surface area contributed by atoms with Crippen LogP contribution >= 0.6 is 11.6 Å². The summed E-state index contributed by atoms with van der Waals surface area (Å²) in [5.41, 5.74) is 4.87. The highest BCUT2D eigenvalue weighted by molar-refractivity contribution is 6.30. The molecule has 3 rings (SSSR count). The van der Waals surface area contributed by atoms with Crippen LogP contribution in [0.25, 0.3) is 6.08 Å². The molecule has 1 aliphatic heterocycles. The third-order valence-electron chi connectivity index (χ3n) is 3.80. The van der Waals surface area contributed by atoms with E-state index >= 15 is 0 Å². The fourth-order valence-corrected chi connectivity index (χ4v) is 2.75. The van der Waals surface area contributed by atoms with Gasteiger partial charge < -0.3 is 10.1 Å². The molecule has 0 aromatic heterocycles. The molecule has 1 heterocycles. The highest BCUT2D eigenvalue weighted by Crippen LogP contribution is 2.29. The Morgan fingerprint density at radius 2 is 2.04 bits per heavy atom. The Bertz CT molecular complexity index is 853. The van der Waals surface area contributed by atoms with Gasteiger partial charge in [-0.3, -0.25) is 4.79 Å². The van der Waals surface area contributed by atoms with Gasteiger partial charge in [-0.1, -0.05) is 35.4 Å². The summed E-state index contributed by atoms with van der Waals surface area (Å²) in [6.45, 7) is 4.44. The van der Waals surface area contributed by atoms with E-state index in [1.54, 1.807) is 12.1 Å². The fourth-order valence-electron chi connectivity index (χ4n) is 2.57. The fraction of sp³-hybridized carbons (Fsp3) is 0.150. The van der Waals surface area contributed by atoms with Crippen LogP contribution in [-0.2, 0) is 4.79 Å². The van der Waals surface area contributed by atoms with Crippen molar-refractivity contribution >= 4 is 29.3 Å². The molecule has 1 amide bonds. The van der Waals surface area contributed by atoms with E-state index < -0.39 is 0 Å². The maximum Gasteiger partial charge on any atom is 0.248 e. The third kappa shape index (κ3) is 3.87. The van der Waals surface area contributed by atoms with E-state index in [1.165, 1.54) is 11.6 Å². The average molecular weight is 340 g/mol. The molecule has 0 radical (unpaired) electrons. The number of carbonyl (C=O) groups is 1. The highest BCUT2D eigenvalue weighted by atomic mass is 35.5. The van der Waals surface area contributed by atoms with Gasteiger partial charge in [-0.25, -0.2) is 0 Å². The average Bonchev–Trinajstić information content (AvgIpc) is 2.55. The minimum atomic E-state index is -0.167. The van der Waals surface area contributed by atoms with Crippen molar-refractivity contribution in [2.24, 2.45) is 0 Å². The first-order valence-electron chi connectivity index (χ1n) is 7.70. The lowest BCUT2D eigenvalue weighted by Crippen LogP contribution is -2.10. The minimum Gasteiger partial charge on any atom is -0.488 e. The van der Waals surface area contributed by atoms with Crippen molar-refractivity contribution in [1.82, 2.24) is 0 Å². The molecule has 3 nitrogen and oxygen atoms in total. The van der Waals surface area contributed by atoms with Crippen LogP contribution in [0.3, 0.4) is 0 Å². The lowest BCUT2D eigenvalue weighted by Gasteiger charge is -2.16. The van der Waals surface area contributed by atoms with Crippen molar-refractivity contribution in [2.75, 3.05) is 11.9 Å². The summed E-state index contributed by atoms with van der Waals surface area (Å²) >= 11 is 6.00. The van der Waals surface area contributed by atoms with Gasteiger partial charge >= 0.3 is 0 Å². The SMILES string of the molecule is Cc1ccc(NC(=O)/C=C/C2=Cc3cc(Cl)ccc3OC2)c(C)c1. The number of fused-ring (bicyclic) bond motifs is 1. The summed E-state index contributed by atoms with van der Waals surface area (Å²) in [6, 6.07) is 11.4. The molecule has 1 N–H and O–H groups in total. The molecular weight excluding hydrogens is 322 g/mol. The summed E-state index contributed by atoms with van der Waals surface area (Å²) in [5.74, 6) is 0.635. The largest absolute Gasteiger partial charge is 0.488 e. The number of nitrogens with one attached hydrogen (secondary N) is 1. The molecule has 2 aromatic rings. The Balaban J connectivity index is 1.70. The lowest BCUT2D eigenvalue weighted by atomic mass is 10.1. The van der Waals surface area contributed by atoms with E-state index in [4.69, 9.17) is 16.3 Å². The standard InChI is InChI=1S/C20H18ClNO2/c1-13-3-6-18(14(2)9-13)22-20(23)8-4-15-10-16-11-17(21)5-7-19(16)24-12-15/h3-11H,12H2,1-2H3,(H,22,23)/b8-4+.